The van der Waals surface area contributed by atoms with E-state index in [1.54, 1.807) is 32.0 Å². The van der Waals surface area contributed by atoms with Crippen LogP contribution in [0.2, 0.25) is 5.15 Å². The maximum Gasteiger partial charge on any atom is 0.343 e. The lowest BCUT2D eigenvalue weighted by Gasteiger charge is -2.08. The molecule has 28 heavy (non-hydrogen) atoms. The quantitative estimate of drug-likeness (QED) is 0.654. The molecular weight excluding hydrogens is 385 g/mol. The fraction of sp³-hybridized carbons (Fsp3) is 0.150. The zero-order valence-electron chi connectivity index (χ0n) is 15.2. The Bertz CT molecular complexity index is 1030. The van der Waals surface area contributed by atoms with Crippen LogP contribution in [0.4, 0.5) is 10.1 Å². The van der Waals surface area contributed by atoms with Crippen LogP contribution in [0.1, 0.15) is 21.6 Å². The fourth-order valence-electron chi connectivity index (χ4n) is 2.58. The summed E-state index contributed by atoms with van der Waals surface area (Å²) in [5, 5.41) is 6.69. The average Bonchev–Trinajstić information content (AvgIpc) is 2.97. The monoisotopic (exact) mass is 401 g/mol. The number of aromatic nitrogens is 2. The van der Waals surface area contributed by atoms with Crippen LogP contribution < -0.4 is 5.32 Å². The van der Waals surface area contributed by atoms with Crippen molar-refractivity contribution in [3.05, 3.63) is 76.3 Å². The van der Waals surface area contributed by atoms with Gasteiger partial charge in [-0.1, -0.05) is 35.9 Å². The van der Waals surface area contributed by atoms with E-state index in [0.717, 1.165) is 5.56 Å². The van der Waals surface area contributed by atoms with Crippen molar-refractivity contribution in [2.45, 2.75) is 13.8 Å². The molecule has 1 heterocycles. The highest BCUT2D eigenvalue weighted by Crippen LogP contribution is 2.24. The lowest BCUT2D eigenvalue weighted by Crippen LogP contribution is -2.21. The molecule has 1 N–H and O–H groups in total. The van der Waals surface area contributed by atoms with Gasteiger partial charge in [-0.3, -0.25) is 4.79 Å². The molecule has 0 saturated heterocycles. The molecule has 144 valence electrons. The first-order valence-electron chi connectivity index (χ1n) is 8.40. The maximum atomic E-state index is 13.8. The fourth-order valence-corrected chi connectivity index (χ4v) is 2.93. The molecule has 0 atom stereocenters. The van der Waals surface area contributed by atoms with Crippen molar-refractivity contribution < 1.29 is 18.7 Å². The van der Waals surface area contributed by atoms with E-state index in [1.165, 1.54) is 16.8 Å². The smallest absolute Gasteiger partial charge is 0.343 e. The average molecular weight is 402 g/mol. The third kappa shape index (κ3) is 4.20. The number of esters is 1. The third-order valence-electron chi connectivity index (χ3n) is 3.94. The van der Waals surface area contributed by atoms with Crippen LogP contribution in [0, 0.1) is 19.7 Å². The number of halogens is 2. The first-order chi connectivity index (χ1) is 13.4. The Labute approximate surface area is 165 Å². The molecule has 2 aromatic carbocycles. The van der Waals surface area contributed by atoms with E-state index >= 15 is 0 Å². The maximum absolute atomic E-state index is 13.8. The van der Waals surface area contributed by atoms with Gasteiger partial charge in [-0.05, 0) is 43.7 Å². The number of para-hydroxylation sites is 1. The lowest BCUT2D eigenvalue weighted by molar-refractivity contribution is -0.119. The molecule has 0 spiro atoms. The van der Waals surface area contributed by atoms with Gasteiger partial charge in [0, 0.05) is 0 Å². The number of nitrogens with zero attached hydrogens (tertiary/aromatic N) is 2. The molecule has 0 fully saturated rings. The van der Waals surface area contributed by atoms with Crippen molar-refractivity contribution in [3.63, 3.8) is 0 Å². The molecule has 3 aromatic rings. The Morgan fingerprint density at radius 1 is 1.18 bits per heavy atom. The first kappa shape index (κ1) is 19.6. The van der Waals surface area contributed by atoms with Crippen LogP contribution in [-0.4, -0.2) is 28.3 Å². The van der Waals surface area contributed by atoms with Crippen molar-refractivity contribution in [2.75, 3.05) is 11.9 Å². The van der Waals surface area contributed by atoms with Crippen molar-refractivity contribution in [2.24, 2.45) is 0 Å². The number of amides is 1. The zero-order valence-corrected chi connectivity index (χ0v) is 16.0. The predicted octanol–water partition coefficient (Wildman–Crippen LogP) is 4.08. The molecule has 0 radical (unpaired) electrons. The van der Waals surface area contributed by atoms with Crippen molar-refractivity contribution in [3.8, 4) is 5.69 Å². The van der Waals surface area contributed by atoms with Crippen LogP contribution >= 0.6 is 11.6 Å². The van der Waals surface area contributed by atoms with Gasteiger partial charge in [0.25, 0.3) is 5.91 Å². The molecule has 1 aromatic heterocycles. The second-order valence-electron chi connectivity index (χ2n) is 6.11. The molecule has 8 heteroatoms. The number of aryl methyl sites for hydroxylation is 2. The summed E-state index contributed by atoms with van der Waals surface area (Å²) in [6, 6.07) is 13.4. The molecule has 6 nitrogen and oxygen atoms in total. The number of nitrogens with one attached hydrogen (secondary N) is 1. The van der Waals surface area contributed by atoms with E-state index in [9.17, 15) is 14.0 Å². The Balaban J connectivity index is 1.68. The summed E-state index contributed by atoms with van der Waals surface area (Å²) >= 11 is 6.29. The molecular formula is C20H17ClFN3O3. The summed E-state index contributed by atoms with van der Waals surface area (Å²) in [5.74, 6) is -2.02. The number of carbonyl (C=O) groups excluding carboxylic acids is 2. The van der Waals surface area contributed by atoms with Gasteiger partial charge < -0.3 is 10.1 Å². The van der Waals surface area contributed by atoms with E-state index in [0.29, 0.717) is 11.4 Å². The van der Waals surface area contributed by atoms with E-state index < -0.39 is 24.3 Å². The number of carbonyl (C=O) groups is 2. The molecule has 0 aliphatic carbocycles. The molecule has 0 bridgehead atoms. The number of hydrogen-bond acceptors (Lipinski definition) is 4. The first-order valence-corrected chi connectivity index (χ1v) is 8.78. The third-order valence-corrected chi connectivity index (χ3v) is 4.29. The van der Waals surface area contributed by atoms with Crippen LogP contribution in [0.3, 0.4) is 0 Å². The largest absolute Gasteiger partial charge is 0.452 e. The highest BCUT2D eigenvalue weighted by molar-refractivity contribution is 6.33. The Morgan fingerprint density at radius 3 is 2.57 bits per heavy atom. The van der Waals surface area contributed by atoms with E-state index in [4.69, 9.17) is 16.3 Å². The molecule has 0 saturated carbocycles. The van der Waals surface area contributed by atoms with Gasteiger partial charge in [0.15, 0.2) is 6.61 Å². The number of hydrogen-bond donors (Lipinski definition) is 1. The molecule has 3 rings (SSSR count). The normalized spacial score (nSPS) is 10.6. The van der Waals surface area contributed by atoms with Crippen molar-refractivity contribution in [1.82, 2.24) is 9.78 Å². The summed E-state index contributed by atoms with van der Waals surface area (Å²) in [6.07, 6.45) is 0. The lowest BCUT2D eigenvalue weighted by atomic mass is 10.2. The van der Waals surface area contributed by atoms with E-state index in [2.05, 4.69) is 10.4 Å². The Kier molecular flexibility index (Phi) is 5.75. The zero-order chi connectivity index (χ0) is 20.3. The van der Waals surface area contributed by atoms with Gasteiger partial charge in [0.05, 0.1) is 17.1 Å². The summed E-state index contributed by atoms with van der Waals surface area (Å²) in [5.41, 5.74) is 1.85. The summed E-state index contributed by atoms with van der Waals surface area (Å²) < 4.78 is 20.2. The minimum absolute atomic E-state index is 0.0118. The SMILES string of the molecule is Cc1ccc(NC(=O)COC(=O)c2c(C)nn(-c3ccccc3)c2Cl)c(F)c1. The second-order valence-corrected chi connectivity index (χ2v) is 6.46. The van der Waals surface area contributed by atoms with Crippen LogP contribution in [0.15, 0.2) is 48.5 Å². The minimum Gasteiger partial charge on any atom is -0.452 e. The number of ether oxygens (including phenoxy) is 1. The number of anilines is 1. The summed E-state index contributed by atoms with van der Waals surface area (Å²) in [7, 11) is 0. The van der Waals surface area contributed by atoms with Crippen molar-refractivity contribution in [1.29, 1.82) is 0 Å². The Morgan fingerprint density at radius 2 is 1.89 bits per heavy atom. The number of benzene rings is 2. The minimum atomic E-state index is -0.788. The molecule has 0 unspecified atom stereocenters. The van der Waals surface area contributed by atoms with Gasteiger partial charge in [0.1, 0.15) is 16.5 Å². The van der Waals surface area contributed by atoms with Crippen molar-refractivity contribution >= 4 is 29.2 Å². The highest BCUT2D eigenvalue weighted by atomic mass is 35.5. The van der Waals surface area contributed by atoms with E-state index in [1.807, 2.05) is 18.2 Å². The number of rotatable bonds is 5. The predicted molar refractivity (Wildman–Crippen MR) is 103 cm³/mol. The standard InChI is InChI=1S/C20H17ClFN3O3/c1-12-8-9-16(15(22)10-12)23-17(26)11-28-20(27)18-13(2)24-25(19(18)21)14-6-4-3-5-7-14/h3-10H,11H2,1-2H3,(H,23,26). The van der Waals surface area contributed by atoms with Crippen LogP contribution in [0.5, 0.6) is 0 Å². The van der Waals surface area contributed by atoms with Crippen LogP contribution in [0.25, 0.3) is 5.69 Å². The second kappa shape index (κ2) is 8.22. The van der Waals surface area contributed by atoms with Gasteiger partial charge in [-0.2, -0.15) is 5.10 Å². The Hall–Kier alpha value is -3.19. The van der Waals surface area contributed by atoms with Gasteiger partial charge in [-0.15, -0.1) is 0 Å². The summed E-state index contributed by atoms with van der Waals surface area (Å²) in [6.45, 7) is 2.76. The van der Waals surface area contributed by atoms with Gasteiger partial charge in [0.2, 0.25) is 0 Å². The molecule has 0 aliphatic rings. The highest BCUT2D eigenvalue weighted by Gasteiger charge is 2.23. The topological polar surface area (TPSA) is 73.2 Å². The molecule has 1 amide bonds. The van der Waals surface area contributed by atoms with Gasteiger partial charge in [-0.25, -0.2) is 13.9 Å². The van der Waals surface area contributed by atoms with Gasteiger partial charge >= 0.3 is 5.97 Å². The molecule has 0 aliphatic heterocycles. The van der Waals surface area contributed by atoms with Crippen LogP contribution in [-0.2, 0) is 9.53 Å². The summed E-state index contributed by atoms with van der Waals surface area (Å²) in [4.78, 5) is 24.4. The van der Waals surface area contributed by atoms with E-state index in [-0.39, 0.29) is 16.4 Å².